The number of benzene rings is 2. The van der Waals surface area contributed by atoms with Crippen LogP contribution < -0.4 is 5.32 Å². The van der Waals surface area contributed by atoms with E-state index in [1.165, 1.54) is 0 Å². The Balaban J connectivity index is 1.98. The van der Waals surface area contributed by atoms with Gasteiger partial charge in [0.05, 0.1) is 18.8 Å². The van der Waals surface area contributed by atoms with Crippen LogP contribution in [0.25, 0.3) is 0 Å². The molecule has 0 unspecified atom stereocenters. The third-order valence-electron chi connectivity index (χ3n) is 4.03. The number of hydrogen-bond donors (Lipinski definition) is 2. The molecule has 8 heteroatoms. The molecule has 2 rings (SSSR count). The summed E-state index contributed by atoms with van der Waals surface area (Å²) in [6.07, 6.45) is -1.68. The van der Waals surface area contributed by atoms with Crippen molar-refractivity contribution in [2.75, 3.05) is 6.61 Å². The minimum Gasteiger partial charge on any atom is -0.444 e. The molecule has 1 amide bonds. The highest BCUT2D eigenvalue weighted by Crippen LogP contribution is 2.20. The van der Waals surface area contributed by atoms with Crippen LogP contribution in [0.4, 0.5) is 4.79 Å². The Morgan fingerprint density at radius 3 is 2.17 bits per heavy atom. The Labute approximate surface area is 178 Å². The van der Waals surface area contributed by atoms with E-state index in [0.29, 0.717) is 5.56 Å². The van der Waals surface area contributed by atoms with Crippen molar-refractivity contribution < 1.29 is 27.2 Å². The number of aliphatic hydroxyl groups excluding tert-OH is 1. The zero-order valence-electron chi connectivity index (χ0n) is 17.4. The quantitative estimate of drug-likeness (QED) is 0.584. The Morgan fingerprint density at radius 2 is 1.60 bits per heavy atom. The lowest BCUT2D eigenvalue weighted by Gasteiger charge is -2.25. The van der Waals surface area contributed by atoms with Crippen LogP contribution in [0.3, 0.4) is 0 Å². The molecular formula is C22H29NO6S. The number of nitrogens with one attached hydrogen (secondary N) is 1. The normalized spacial score (nSPS) is 14.0. The van der Waals surface area contributed by atoms with Gasteiger partial charge in [-0.1, -0.05) is 60.7 Å². The van der Waals surface area contributed by atoms with Gasteiger partial charge in [0.15, 0.2) is 0 Å². The van der Waals surface area contributed by atoms with Gasteiger partial charge in [-0.15, -0.1) is 0 Å². The molecule has 2 aromatic rings. The van der Waals surface area contributed by atoms with Crippen LogP contribution in [0.5, 0.6) is 0 Å². The van der Waals surface area contributed by atoms with E-state index < -0.39 is 40.6 Å². The van der Waals surface area contributed by atoms with Gasteiger partial charge < -0.3 is 15.2 Å². The summed E-state index contributed by atoms with van der Waals surface area (Å²) in [5.74, 6) is -0.279. The summed E-state index contributed by atoms with van der Waals surface area (Å²) in [6.45, 7) is 4.85. The van der Waals surface area contributed by atoms with Crippen molar-refractivity contribution in [1.29, 1.82) is 0 Å². The lowest BCUT2D eigenvalue weighted by Crippen LogP contribution is -2.37. The second-order valence-electron chi connectivity index (χ2n) is 7.97. The summed E-state index contributed by atoms with van der Waals surface area (Å²) in [5.41, 5.74) is 0.689. The molecule has 0 heterocycles. The number of rotatable bonds is 9. The number of ether oxygens (including phenoxy) is 1. The first-order valence-electron chi connectivity index (χ1n) is 9.67. The lowest BCUT2D eigenvalue weighted by atomic mass is 10.0. The molecule has 0 radical (unpaired) electrons. The van der Waals surface area contributed by atoms with E-state index in [1.807, 2.05) is 30.3 Å². The molecule has 0 aliphatic carbocycles. The van der Waals surface area contributed by atoms with Gasteiger partial charge >= 0.3 is 6.09 Å². The third-order valence-corrected chi connectivity index (χ3v) is 5.21. The van der Waals surface area contributed by atoms with Crippen molar-refractivity contribution in [3.8, 4) is 0 Å². The Bertz CT molecular complexity index is 894. The van der Waals surface area contributed by atoms with Crippen molar-refractivity contribution in [2.45, 2.75) is 50.7 Å². The number of amides is 1. The highest BCUT2D eigenvalue weighted by Gasteiger charge is 2.24. The Morgan fingerprint density at radius 1 is 1.03 bits per heavy atom. The molecule has 2 N–H and O–H groups in total. The molecule has 0 aliphatic rings. The van der Waals surface area contributed by atoms with Crippen LogP contribution in [0.15, 0.2) is 60.7 Å². The van der Waals surface area contributed by atoms with E-state index in [1.54, 1.807) is 51.1 Å². The number of aliphatic hydroxyl groups is 1. The maximum absolute atomic E-state index is 12.2. The summed E-state index contributed by atoms with van der Waals surface area (Å²) in [7, 11) is -3.85. The molecule has 0 fully saturated rings. The van der Waals surface area contributed by atoms with Gasteiger partial charge in [0.25, 0.3) is 10.1 Å². The first kappa shape index (κ1) is 23.9. The molecule has 2 atom stereocenters. The fourth-order valence-electron chi connectivity index (χ4n) is 2.76. The molecule has 0 saturated carbocycles. The van der Waals surface area contributed by atoms with Gasteiger partial charge in [-0.3, -0.25) is 4.18 Å². The minimum absolute atomic E-state index is 0.0596. The predicted molar refractivity (Wildman–Crippen MR) is 114 cm³/mol. The molecule has 0 aromatic heterocycles. The molecule has 2 aromatic carbocycles. The number of carbonyl (C=O) groups is 1. The van der Waals surface area contributed by atoms with E-state index in [2.05, 4.69) is 5.32 Å². The zero-order valence-corrected chi connectivity index (χ0v) is 18.3. The molecule has 164 valence electrons. The summed E-state index contributed by atoms with van der Waals surface area (Å²) in [4.78, 5) is 12.2. The summed E-state index contributed by atoms with van der Waals surface area (Å²) in [5, 5.41) is 13.1. The van der Waals surface area contributed by atoms with Crippen molar-refractivity contribution in [3.63, 3.8) is 0 Å². The first-order chi connectivity index (χ1) is 14.0. The van der Waals surface area contributed by atoms with Gasteiger partial charge in [-0.25, -0.2) is 4.79 Å². The fourth-order valence-corrected chi connectivity index (χ4v) is 3.80. The van der Waals surface area contributed by atoms with Gasteiger partial charge in [-0.05, 0) is 31.9 Å². The molecule has 0 aliphatic heterocycles. The van der Waals surface area contributed by atoms with Crippen molar-refractivity contribution in [1.82, 2.24) is 5.32 Å². The summed E-state index contributed by atoms with van der Waals surface area (Å²) >= 11 is 0. The van der Waals surface area contributed by atoms with Crippen LogP contribution in [-0.2, 0) is 24.8 Å². The average Bonchev–Trinajstić information content (AvgIpc) is 2.66. The lowest BCUT2D eigenvalue weighted by molar-refractivity contribution is 0.0461. The van der Waals surface area contributed by atoms with Gasteiger partial charge in [-0.2, -0.15) is 8.42 Å². The van der Waals surface area contributed by atoms with Gasteiger partial charge in [0, 0.05) is 6.42 Å². The van der Waals surface area contributed by atoms with E-state index in [4.69, 9.17) is 8.92 Å². The summed E-state index contributed by atoms with van der Waals surface area (Å²) < 4.78 is 34.6. The van der Waals surface area contributed by atoms with Crippen LogP contribution >= 0.6 is 0 Å². The molecule has 0 saturated heterocycles. The zero-order chi connectivity index (χ0) is 22.2. The van der Waals surface area contributed by atoms with Crippen LogP contribution in [0.1, 0.15) is 44.4 Å². The van der Waals surface area contributed by atoms with E-state index >= 15 is 0 Å². The molecule has 0 spiro atoms. The Kier molecular flexibility index (Phi) is 8.40. The monoisotopic (exact) mass is 435 g/mol. The minimum atomic E-state index is -3.85. The van der Waals surface area contributed by atoms with Crippen molar-refractivity contribution >= 4 is 16.2 Å². The van der Waals surface area contributed by atoms with E-state index in [9.17, 15) is 18.3 Å². The highest BCUT2D eigenvalue weighted by atomic mass is 32.2. The molecular weight excluding hydrogens is 406 g/mol. The second kappa shape index (κ2) is 10.6. The highest BCUT2D eigenvalue weighted by molar-refractivity contribution is 7.85. The predicted octanol–water partition coefficient (Wildman–Crippen LogP) is 3.55. The van der Waals surface area contributed by atoms with Crippen LogP contribution in [-0.4, -0.2) is 37.9 Å². The van der Waals surface area contributed by atoms with Crippen LogP contribution in [0.2, 0.25) is 0 Å². The third kappa shape index (κ3) is 8.94. The smallest absolute Gasteiger partial charge is 0.408 e. The number of alkyl carbamates (subject to hydrolysis) is 1. The van der Waals surface area contributed by atoms with Crippen molar-refractivity contribution in [2.24, 2.45) is 0 Å². The number of carbonyl (C=O) groups excluding carboxylic acids is 1. The van der Waals surface area contributed by atoms with Crippen LogP contribution in [0, 0.1) is 0 Å². The van der Waals surface area contributed by atoms with Gasteiger partial charge in [0.2, 0.25) is 0 Å². The average molecular weight is 436 g/mol. The number of hydrogen-bond acceptors (Lipinski definition) is 6. The van der Waals surface area contributed by atoms with E-state index in [-0.39, 0.29) is 12.2 Å². The largest absolute Gasteiger partial charge is 0.444 e. The fraction of sp³-hybridized carbons (Fsp3) is 0.409. The maximum Gasteiger partial charge on any atom is 0.408 e. The standard InChI is InChI=1S/C22H29NO6S/c1-22(2,3)29-21(25)23-20(18-12-8-5-9-13-18)14-19(24)15-28-30(26,27)16-17-10-6-4-7-11-17/h4-13,19-20,24H,14-16H2,1-3H3,(H,23,25)/t19-,20+/m1/s1. The van der Waals surface area contributed by atoms with Gasteiger partial charge in [0.1, 0.15) is 11.4 Å². The maximum atomic E-state index is 12.2. The summed E-state index contributed by atoms with van der Waals surface area (Å²) in [6, 6.07) is 17.2. The molecule has 0 bridgehead atoms. The Hall–Kier alpha value is -2.42. The SMILES string of the molecule is CC(C)(C)OC(=O)N[C@@H](C[C@@H](O)COS(=O)(=O)Cc1ccccc1)c1ccccc1. The first-order valence-corrected chi connectivity index (χ1v) is 11.3. The topological polar surface area (TPSA) is 102 Å². The van der Waals surface area contributed by atoms with Crippen molar-refractivity contribution in [3.05, 3.63) is 71.8 Å². The molecule has 7 nitrogen and oxygen atoms in total. The molecule has 30 heavy (non-hydrogen) atoms. The van der Waals surface area contributed by atoms with E-state index in [0.717, 1.165) is 5.56 Å². The second-order valence-corrected chi connectivity index (χ2v) is 9.61.